The minimum absolute atomic E-state index is 0.0282. The van der Waals surface area contributed by atoms with Crippen LogP contribution in [0.5, 0.6) is 0 Å². The van der Waals surface area contributed by atoms with Crippen molar-refractivity contribution in [2.45, 2.75) is 38.8 Å². The van der Waals surface area contributed by atoms with Gasteiger partial charge >= 0.3 is 6.09 Å². The van der Waals surface area contributed by atoms with Crippen molar-refractivity contribution >= 4 is 22.7 Å². The van der Waals surface area contributed by atoms with Crippen molar-refractivity contribution in [1.29, 1.82) is 0 Å². The normalized spacial score (nSPS) is 26.3. The highest BCUT2D eigenvalue weighted by atomic mass is 32.2. The van der Waals surface area contributed by atoms with E-state index in [9.17, 15) is 13.8 Å². The summed E-state index contributed by atoms with van der Waals surface area (Å²) in [4.78, 5) is 22.8. The Morgan fingerprint density at radius 1 is 1.50 bits per heavy atom. The molecule has 92 valence electrons. The highest BCUT2D eigenvalue weighted by molar-refractivity contribution is 7.85. The minimum Gasteiger partial charge on any atom is -0.444 e. The van der Waals surface area contributed by atoms with Crippen molar-refractivity contribution in [2.75, 3.05) is 11.5 Å². The zero-order valence-electron chi connectivity index (χ0n) is 9.74. The second kappa shape index (κ2) is 4.95. The third-order valence-corrected chi connectivity index (χ3v) is 3.31. The first kappa shape index (κ1) is 13.2. The number of hydrogen-bond donors (Lipinski definition) is 1. The summed E-state index contributed by atoms with van der Waals surface area (Å²) < 4.78 is 16.1. The van der Waals surface area contributed by atoms with Crippen molar-refractivity contribution in [3.05, 3.63) is 0 Å². The van der Waals surface area contributed by atoms with Gasteiger partial charge in [0.2, 0.25) is 0 Å². The maximum absolute atomic E-state index is 11.4. The van der Waals surface area contributed by atoms with Crippen LogP contribution in [0.25, 0.3) is 0 Å². The lowest BCUT2D eigenvalue weighted by molar-refractivity contribution is -0.118. The van der Waals surface area contributed by atoms with Gasteiger partial charge in [0, 0.05) is 16.6 Å². The van der Waals surface area contributed by atoms with Crippen LogP contribution < -0.4 is 5.32 Å². The molecular formula is C10H17NO4S. The van der Waals surface area contributed by atoms with Gasteiger partial charge in [-0.1, -0.05) is 0 Å². The van der Waals surface area contributed by atoms with Crippen molar-refractivity contribution < 1.29 is 18.5 Å². The zero-order valence-corrected chi connectivity index (χ0v) is 10.6. The van der Waals surface area contributed by atoms with E-state index >= 15 is 0 Å². The van der Waals surface area contributed by atoms with Gasteiger partial charge in [0.05, 0.1) is 11.8 Å². The maximum Gasteiger partial charge on any atom is 0.408 e. The van der Waals surface area contributed by atoms with E-state index in [2.05, 4.69) is 5.32 Å². The molecule has 1 amide bonds. The highest BCUT2D eigenvalue weighted by Gasteiger charge is 2.29. The van der Waals surface area contributed by atoms with Crippen molar-refractivity contribution in [1.82, 2.24) is 5.32 Å². The summed E-state index contributed by atoms with van der Waals surface area (Å²) in [6, 6.07) is -0.549. The largest absolute Gasteiger partial charge is 0.444 e. The van der Waals surface area contributed by atoms with Crippen LogP contribution in [-0.2, 0) is 20.3 Å². The van der Waals surface area contributed by atoms with Gasteiger partial charge in [0.25, 0.3) is 0 Å². The molecule has 2 atom stereocenters. The molecule has 1 fully saturated rings. The topological polar surface area (TPSA) is 72.5 Å². The summed E-state index contributed by atoms with van der Waals surface area (Å²) in [5.41, 5.74) is -0.579. The van der Waals surface area contributed by atoms with Crippen molar-refractivity contribution in [3.8, 4) is 0 Å². The van der Waals surface area contributed by atoms with Gasteiger partial charge in [-0.2, -0.15) is 0 Å². The zero-order chi connectivity index (χ0) is 12.3. The molecule has 0 radical (unpaired) electrons. The van der Waals surface area contributed by atoms with Crippen LogP contribution in [0.4, 0.5) is 4.79 Å². The number of amides is 1. The Kier molecular flexibility index (Phi) is 4.07. The minimum atomic E-state index is -1.07. The SMILES string of the molecule is CC(C)(C)OC(=O)N[C@@H]1CCS(=O)CC1=O. The first-order valence-electron chi connectivity index (χ1n) is 5.15. The maximum atomic E-state index is 11.4. The van der Waals surface area contributed by atoms with Gasteiger partial charge in [-0.15, -0.1) is 0 Å². The number of hydrogen-bond acceptors (Lipinski definition) is 4. The Morgan fingerprint density at radius 3 is 2.62 bits per heavy atom. The lowest BCUT2D eigenvalue weighted by Crippen LogP contribution is -2.48. The Balaban J connectivity index is 2.45. The Bertz CT molecular complexity index is 321. The van der Waals surface area contributed by atoms with Crippen LogP contribution >= 0.6 is 0 Å². The first-order valence-corrected chi connectivity index (χ1v) is 6.64. The Morgan fingerprint density at radius 2 is 2.12 bits per heavy atom. The van der Waals surface area contributed by atoms with E-state index in [1.807, 2.05) is 0 Å². The average molecular weight is 247 g/mol. The van der Waals surface area contributed by atoms with E-state index in [1.165, 1.54) is 0 Å². The molecule has 1 aliphatic rings. The second-order valence-electron chi connectivity index (χ2n) is 4.74. The predicted octanol–water partition coefficient (Wildman–Crippen LogP) is 0.601. The second-order valence-corrected chi connectivity index (χ2v) is 6.32. The van der Waals surface area contributed by atoms with Gasteiger partial charge < -0.3 is 10.1 Å². The highest BCUT2D eigenvalue weighted by Crippen LogP contribution is 2.09. The van der Waals surface area contributed by atoms with Crippen molar-refractivity contribution in [2.24, 2.45) is 0 Å². The molecule has 1 saturated heterocycles. The molecule has 1 rings (SSSR count). The lowest BCUT2D eigenvalue weighted by atomic mass is 10.1. The number of carbonyl (C=O) groups is 2. The third kappa shape index (κ3) is 4.30. The van der Waals surface area contributed by atoms with Crippen LogP contribution in [0.1, 0.15) is 27.2 Å². The summed E-state index contributed by atoms with van der Waals surface area (Å²) in [6.45, 7) is 5.26. The van der Waals surface area contributed by atoms with Gasteiger partial charge in [-0.25, -0.2) is 4.79 Å². The standard InChI is InChI=1S/C10H17NO4S/c1-10(2,3)15-9(13)11-7-4-5-16(14)6-8(7)12/h7H,4-6H2,1-3H3,(H,11,13)/t7-,16?/m1/s1. The van der Waals surface area contributed by atoms with Gasteiger partial charge in [0.1, 0.15) is 5.60 Å². The number of carbonyl (C=O) groups excluding carboxylic acids is 2. The van der Waals surface area contributed by atoms with Gasteiger partial charge in [0.15, 0.2) is 5.78 Å². The van der Waals surface area contributed by atoms with E-state index in [0.29, 0.717) is 12.2 Å². The summed E-state index contributed by atoms with van der Waals surface area (Å²) in [6.07, 6.45) is -0.177. The van der Waals surface area contributed by atoms with E-state index in [4.69, 9.17) is 4.74 Å². The Labute approximate surface area is 97.4 Å². The van der Waals surface area contributed by atoms with Gasteiger partial charge in [-0.3, -0.25) is 9.00 Å². The molecule has 1 aliphatic heterocycles. The summed E-state index contributed by atoms with van der Waals surface area (Å²) in [5, 5.41) is 2.50. The molecule has 1 unspecified atom stereocenters. The number of ether oxygens (including phenoxy) is 1. The summed E-state index contributed by atoms with van der Waals surface area (Å²) >= 11 is 0. The molecule has 1 N–H and O–H groups in total. The van der Waals surface area contributed by atoms with Crippen molar-refractivity contribution in [3.63, 3.8) is 0 Å². The number of ketones is 1. The van der Waals surface area contributed by atoms with Crippen LogP contribution in [0.3, 0.4) is 0 Å². The number of rotatable bonds is 1. The van der Waals surface area contributed by atoms with Gasteiger partial charge in [-0.05, 0) is 27.2 Å². The predicted molar refractivity (Wildman–Crippen MR) is 60.7 cm³/mol. The third-order valence-electron chi connectivity index (χ3n) is 2.02. The smallest absolute Gasteiger partial charge is 0.408 e. The molecule has 0 aromatic carbocycles. The molecule has 0 saturated carbocycles. The number of nitrogens with one attached hydrogen (secondary N) is 1. The molecule has 0 aromatic rings. The fourth-order valence-corrected chi connectivity index (χ4v) is 2.51. The molecule has 0 aliphatic carbocycles. The monoisotopic (exact) mass is 247 g/mol. The molecular weight excluding hydrogens is 230 g/mol. The fraction of sp³-hybridized carbons (Fsp3) is 0.800. The van der Waals surface area contributed by atoms with E-state index in [1.54, 1.807) is 20.8 Å². The molecule has 5 nitrogen and oxygen atoms in total. The molecule has 1 heterocycles. The number of Topliss-reactive ketones (excluding diaryl/α,β-unsaturated/α-hetero) is 1. The average Bonchev–Trinajstić information content (AvgIpc) is 2.06. The molecule has 16 heavy (non-hydrogen) atoms. The Hall–Kier alpha value is -0.910. The van der Waals surface area contributed by atoms with E-state index in [0.717, 1.165) is 0 Å². The van der Waals surface area contributed by atoms with E-state index in [-0.39, 0.29) is 11.5 Å². The van der Waals surface area contributed by atoms with Crippen LogP contribution in [0.15, 0.2) is 0 Å². The molecule has 0 spiro atoms. The van der Waals surface area contributed by atoms with Crippen LogP contribution in [0.2, 0.25) is 0 Å². The van der Waals surface area contributed by atoms with Crippen LogP contribution in [0, 0.1) is 0 Å². The number of alkyl carbamates (subject to hydrolysis) is 1. The molecule has 0 bridgehead atoms. The quantitative estimate of drug-likeness (QED) is 0.736. The molecule has 0 aromatic heterocycles. The lowest BCUT2D eigenvalue weighted by Gasteiger charge is -2.24. The molecule has 6 heteroatoms. The van der Waals surface area contributed by atoms with E-state index < -0.39 is 28.5 Å². The summed E-state index contributed by atoms with van der Waals surface area (Å²) in [7, 11) is -1.07. The first-order chi connectivity index (χ1) is 7.28. The fourth-order valence-electron chi connectivity index (χ4n) is 1.34. The van der Waals surface area contributed by atoms with Crippen LogP contribution in [-0.4, -0.2) is 39.2 Å². The summed E-state index contributed by atoms with van der Waals surface area (Å²) in [5.74, 6) is 0.294.